The van der Waals surface area contributed by atoms with Crippen LogP contribution in [0.1, 0.15) is 27.7 Å². The normalized spacial score (nSPS) is 13.8. The molecule has 3 heterocycles. The monoisotopic (exact) mass is 579 g/mol. The van der Waals surface area contributed by atoms with Gasteiger partial charge >= 0.3 is 0 Å². The first kappa shape index (κ1) is 27.6. The summed E-state index contributed by atoms with van der Waals surface area (Å²) in [7, 11) is 1.65. The van der Waals surface area contributed by atoms with Crippen molar-refractivity contribution in [2.45, 2.75) is 6.04 Å². The number of benzene rings is 4. The molecular formula is C37H33N5O2. The van der Waals surface area contributed by atoms with Crippen molar-refractivity contribution in [1.82, 2.24) is 24.4 Å². The Labute approximate surface area is 257 Å². The Bertz CT molecular complexity index is 1840. The van der Waals surface area contributed by atoms with Crippen LogP contribution < -0.4 is 4.74 Å². The van der Waals surface area contributed by atoms with Crippen LogP contribution in [0.4, 0.5) is 0 Å². The van der Waals surface area contributed by atoms with Gasteiger partial charge in [-0.1, -0.05) is 103 Å². The summed E-state index contributed by atoms with van der Waals surface area (Å²) in [6.07, 6.45) is 0. The van der Waals surface area contributed by atoms with Crippen LogP contribution in [0.25, 0.3) is 28.2 Å². The summed E-state index contributed by atoms with van der Waals surface area (Å²) in [6.45, 7) is 2.74. The first-order valence-electron chi connectivity index (χ1n) is 14.9. The third-order valence-corrected chi connectivity index (χ3v) is 8.30. The number of carbonyl (C=O) groups is 1. The second-order valence-electron chi connectivity index (χ2n) is 10.9. The Morgan fingerprint density at radius 1 is 0.727 bits per heavy atom. The molecule has 0 saturated carbocycles. The summed E-state index contributed by atoms with van der Waals surface area (Å²) in [5, 5.41) is 4.90. The van der Waals surface area contributed by atoms with Crippen molar-refractivity contribution in [3.8, 4) is 28.3 Å². The van der Waals surface area contributed by atoms with Gasteiger partial charge in [0, 0.05) is 43.4 Å². The van der Waals surface area contributed by atoms with Crippen molar-refractivity contribution in [3.63, 3.8) is 0 Å². The third-order valence-electron chi connectivity index (χ3n) is 8.30. The minimum atomic E-state index is -0.0817. The van der Waals surface area contributed by atoms with E-state index in [9.17, 15) is 4.79 Å². The summed E-state index contributed by atoms with van der Waals surface area (Å²) in [5.41, 5.74) is 6.89. The Morgan fingerprint density at radius 3 is 1.95 bits per heavy atom. The van der Waals surface area contributed by atoms with Crippen molar-refractivity contribution in [2.24, 2.45) is 0 Å². The lowest BCUT2D eigenvalue weighted by atomic mass is 9.96. The van der Waals surface area contributed by atoms with Crippen molar-refractivity contribution in [1.29, 1.82) is 0 Å². The number of rotatable bonds is 7. The van der Waals surface area contributed by atoms with Crippen LogP contribution in [0.15, 0.2) is 127 Å². The number of fused-ring (bicyclic) bond motifs is 1. The first-order chi connectivity index (χ1) is 21.7. The van der Waals surface area contributed by atoms with Crippen LogP contribution in [0.3, 0.4) is 0 Å². The molecule has 0 N–H and O–H groups in total. The minimum Gasteiger partial charge on any atom is -0.496 e. The molecule has 0 radical (unpaired) electrons. The number of hydrogen-bond donors (Lipinski definition) is 0. The third kappa shape index (κ3) is 5.34. The van der Waals surface area contributed by atoms with Crippen LogP contribution >= 0.6 is 0 Å². The van der Waals surface area contributed by atoms with Crippen molar-refractivity contribution in [2.75, 3.05) is 33.3 Å². The Balaban J connectivity index is 1.21. The van der Waals surface area contributed by atoms with Gasteiger partial charge in [-0.2, -0.15) is 5.10 Å². The molecule has 0 unspecified atom stereocenters. The molecule has 44 heavy (non-hydrogen) atoms. The number of methoxy groups -OCH3 is 1. The van der Waals surface area contributed by atoms with Gasteiger partial charge in [0.1, 0.15) is 11.4 Å². The summed E-state index contributed by atoms with van der Waals surface area (Å²) < 4.78 is 7.51. The topological polar surface area (TPSA) is 63.0 Å². The number of aromatic nitrogens is 3. The average Bonchev–Trinajstić information content (AvgIpc) is 3.54. The maximum absolute atomic E-state index is 14.1. The van der Waals surface area contributed by atoms with E-state index in [1.165, 1.54) is 11.1 Å². The molecule has 0 spiro atoms. The number of para-hydroxylation sites is 1. The summed E-state index contributed by atoms with van der Waals surface area (Å²) >= 11 is 0. The Kier molecular flexibility index (Phi) is 7.61. The predicted octanol–water partition coefficient (Wildman–Crippen LogP) is 6.62. The lowest BCUT2D eigenvalue weighted by Crippen LogP contribution is -2.50. The quantitative estimate of drug-likeness (QED) is 0.213. The number of nitrogens with zero attached hydrogens (tertiary/aromatic N) is 5. The Hall–Kier alpha value is -5.27. The molecule has 0 bridgehead atoms. The molecule has 6 aromatic rings. The standard InChI is InChI=1S/C37H33N5O2/c1-44-34-20-12-11-19-30(34)33-25-32(38-35-26-31(39-42(33)35)27-13-5-2-6-14-27)37(43)41-23-21-40(22-24-41)36(28-15-7-3-8-16-28)29-17-9-4-10-18-29/h2-20,25-26,36H,21-24H2,1H3. The zero-order chi connectivity index (χ0) is 29.9. The van der Waals surface area contributed by atoms with Gasteiger partial charge in [0.05, 0.1) is 24.5 Å². The van der Waals surface area contributed by atoms with E-state index >= 15 is 0 Å². The van der Waals surface area contributed by atoms with E-state index < -0.39 is 0 Å². The largest absolute Gasteiger partial charge is 0.496 e. The van der Waals surface area contributed by atoms with E-state index in [4.69, 9.17) is 14.8 Å². The second kappa shape index (κ2) is 12.1. The van der Waals surface area contributed by atoms with Gasteiger partial charge in [-0.3, -0.25) is 9.69 Å². The molecule has 7 heteroatoms. The van der Waals surface area contributed by atoms with Gasteiger partial charge in [0.2, 0.25) is 0 Å². The summed E-state index contributed by atoms with van der Waals surface area (Å²) in [6, 6.07) is 42.9. The fourth-order valence-electron chi connectivity index (χ4n) is 6.11. The maximum atomic E-state index is 14.1. The van der Waals surface area contributed by atoms with E-state index in [1.807, 2.05) is 71.6 Å². The number of ether oxygens (including phenoxy) is 1. The molecule has 1 amide bonds. The number of piperazine rings is 1. The summed E-state index contributed by atoms with van der Waals surface area (Å²) in [4.78, 5) is 23.3. The number of amides is 1. The molecule has 1 aliphatic rings. The molecule has 0 aliphatic carbocycles. The van der Waals surface area contributed by atoms with Crippen LogP contribution in [0.2, 0.25) is 0 Å². The fourth-order valence-corrected chi connectivity index (χ4v) is 6.11. The van der Waals surface area contributed by atoms with E-state index in [1.54, 1.807) is 11.6 Å². The number of carbonyl (C=O) groups excluding carboxylic acids is 1. The SMILES string of the molecule is COc1ccccc1-c1cc(C(=O)N2CCN(C(c3ccccc3)c3ccccc3)CC2)nc2cc(-c3ccccc3)nn12. The van der Waals surface area contributed by atoms with Gasteiger partial charge in [-0.15, -0.1) is 0 Å². The van der Waals surface area contributed by atoms with E-state index in [2.05, 4.69) is 65.6 Å². The van der Waals surface area contributed by atoms with Crippen LogP contribution in [-0.4, -0.2) is 63.6 Å². The average molecular weight is 580 g/mol. The van der Waals surface area contributed by atoms with Gasteiger partial charge in [0.25, 0.3) is 5.91 Å². The molecule has 7 nitrogen and oxygen atoms in total. The lowest BCUT2D eigenvalue weighted by molar-refractivity contribution is 0.0592. The second-order valence-corrected chi connectivity index (χ2v) is 10.9. The molecule has 0 atom stereocenters. The lowest BCUT2D eigenvalue weighted by Gasteiger charge is -2.39. The molecule has 1 aliphatic heterocycles. The molecule has 1 fully saturated rings. The highest BCUT2D eigenvalue weighted by atomic mass is 16.5. The van der Waals surface area contributed by atoms with Crippen LogP contribution in [0, 0.1) is 0 Å². The minimum absolute atomic E-state index is 0.0817. The molecule has 7 rings (SSSR count). The van der Waals surface area contributed by atoms with Gasteiger partial charge in [-0.25, -0.2) is 9.50 Å². The highest BCUT2D eigenvalue weighted by Gasteiger charge is 2.30. The summed E-state index contributed by atoms with van der Waals surface area (Å²) in [5.74, 6) is 0.623. The smallest absolute Gasteiger partial charge is 0.272 e. The van der Waals surface area contributed by atoms with Gasteiger partial charge < -0.3 is 9.64 Å². The van der Waals surface area contributed by atoms with Crippen molar-refractivity contribution < 1.29 is 9.53 Å². The molecule has 4 aromatic carbocycles. The van der Waals surface area contributed by atoms with Gasteiger partial charge in [-0.05, 0) is 29.3 Å². The fraction of sp³-hybridized carbons (Fsp3) is 0.162. The van der Waals surface area contributed by atoms with Crippen LogP contribution in [0.5, 0.6) is 5.75 Å². The van der Waals surface area contributed by atoms with Gasteiger partial charge in [0.15, 0.2) is 5.65 Å². The highest BCUT2D eigenvalue weighted by molar-refractivity contribution is 5.94. The molecule has 1 saturated heterocycles. The molecule has 218 valence electrons. The zero-order valence-corrected chi connectivity index (χ0v) is 24.6. The number of hydrogen-bond acceptors (Lipinski definition) is 5. The molecular weight excluding hydrogens is 546 g/mol. The van der Waals surface area contributed by atoms with Crippen LogP contribution in [-0.2, 0) is 0 Å². The maximum Gasteiger partial charge on any atom is 0.272 e. The Morgan fingerprint density at radius 2 is 1.32 bits per heavy atom. The van der Waals surface area contributed by atoms with E-state index in [0.29, 0.717) is 30.2 Å². The van der Waals surface area contributed by atoms with E-state index in [0.717, 1.165) is 35.6 Å². The van der Waals surface area contributed by atoms with E-state index in [-0.39, 0.29) is 11.9 Å². The highest BCUT2D eigenvalue weighted by Crippen LogP contribution is 2.33. The van der Waals surface area contributed by atoms with Crippen molar-refractivity contribution in [3.05, 3.63) is 144 Å². The zero-order valence-electron chi connectivity index (χ0n) is 24.6. The molecule has 2 aromatic heterocycles. The van der Waals surface area contributed by atoms with Crippen molar-refractivity contribution >= 4 is 11.6 Å². The predicted molar refractivity (Wildman–Crippen MR) is 173 cm³/mol. The first-order valence-corrected chi connectivity index (χ1v) is 14.9.